The molecule has 8 heteroatoms. The molecule has 1 aliphatic carbocycles. The van der Waals surface area contributed by atoms with Crippen molar-refractivity contribution in [2.45, 2.75) is 31.5 Å². The van der Waals surface area contributed by atoms with Crippen molar-refractivity contribution in [2.24, 2.45) is 5.41 Å². The lowest BCUT2D eigenvalue weighted by atomic mass is 9.99. The Kier molecular flexibility index (Phi) is 4.23. The minimum absolute atomic E-state index is 0.0341. The molecule has 1 unspecified atom stereocenters. The van der Waals surface area contributed by atoms with Gasteiger partial charge in [0.1, 0.15) is 5.60 Å². The molecule has 1 atom stereocenters. The predicted octanol–water partition coefficient (Wildman–Crippen LogP) is 2.04. The predicted molar refractivity (Wildman–Crippen MR) is 92.3 cm³/mol. The Morgan fingerprint density at radius 1 is 1.15 bits per heavy atom. The number of hydrogen-bond donors (Lipinski definition) is 0. The Labute approximate surface area is 156 Å². The number of carbonyl (C=O) groups excluding carboxylic acids is 2. The Hall–Kier alpha value is -2.06. The van der Waals surface area contributed by atoms with E-state index in [-0.39, 0.29) is 32.2 Å². The number of benzene rings is 1. The van der Waals surface area contributed by atoms with Gasteiger partial charge in [-0.2, -0.15) is 8.78 Å². The van der Waals surface area contributed by atoms with Crippen LogP contribution in [0.1, 0.15) is 19.8 Å². The van der Waals surface area contributed by atoms with Crippen LogP contribution in [0.2, 0.25) is 0 Å². The second-order valence-corrected chi connectivity index (χ2v) is 7.87. The third-order valence-corrected chi connectivity index (χ3v) is 5.51. The van der Waals surface area contributed by atoms with Crippen LogP contribution in [0.3, 0.4) is 0 Å². The fraction of sp³-hybridized carbons (Fsp3) is 0.579. The third kappa shape index (κ3) is 3.32. The molecule has 0 radical (unpaired) electrons. The van der Waals surface area contributed by atoms with Gasteiger partial charge in [-0.05, 0) is 25.0 Å². The molecule has 2 saturated heterocycles. The molecular formula is C19H22F2N2O4. The van der Waals surface area contributed by atoms with E-state index in [1.165, 1.54) is 0 Å². The number of anilines is 1. The van der Waals surface area contributed by atoms with Crippen LogP contribution < -0.4 is 4.90 Å². The Balaban J connectivity index is 1.65. The number of hydrogen-bond acceptors (Lipinski definition) is 4. The summed E-state index contributed by atoms with van der Waals surface area (Å²) in [7, 11) is 0. The molecule has 2 aliphatic heterocycles. The van der Waals surface area contributed by atoms with Gasteiger partial charge in [-0.1, -0.05) is 25.1 Å². The molecule has 3 aliphatic rings. The van der Waals surface area contributed by atoms with Gasteiger partial charge in [0.05, 0.1) is 26.3 Å². The van der Waals surface area contributed by atoms with Gasteiger partial charge < -0.3 is 14.5 Å². The van der Waals surface area contributed by atoms with E-state index in [0.717, 1.165) is 17.7 Å². The van der Waals surface area contributed by atoms with Crippen molar-refractivity contribution in [1.29, 1.82) is 0 Å². The van der Waals surface area contributed by atoms with Gasteiger partial charge >= 0.3 is 12.0 Å². The van der Waals surface area contributed by atoms with Crippen LogP contribution in [-0.2, 0) is 19.1 Å². The molecule has 0 bridgehead atoms. The van der Waals surface area contributed by atoms with Crippen LogP contribution in [0.5, 0.6) is 0 Å². The van der Waals surface area contributed by atoms with Crippen molar-refractivity contribution in [3.8, 4) is 0 Å². The lowest BCUT2D eigenvalue weighted by Crippen LogP contribution is -2.67. The number of nitrogens with zero attached hydrogens (tertiary/aromatic N) is 2. The number of rotatable bonds is 2. The van der Waals surface area contributed by atoms with Crippen molar-refractivity contribution < 1.29 is 27.8 Å². The lowest BCUT2D eigenvalue weighted by molar-refractivity contribution is -0.293. The number of alkyl halides is 2. The Morgan fingerprint density at radius 3 is 2.52 bits per heavy atom. The summed E-state index contributed by atoms with van der Waals surface area (Å²) in [6, 6.07) is 8.29. The average Bonchev–Trinajstić information content (AvgIpc) is 3.42. The fourth-order valence-corrected chi connectivity index (χ4v) is 3.70. The number of carbonyl (C=O) groups is 2. The van der Waals surface area contributed by atoms with Gasteiger partial charge in [0.2, 0.25) is 5.91 Å². The first-order valence-electron chi connectivity index (χ1n) is 9.07. The molecule has 1 spiro atoms. The monoisotopic (exact) mass is 380 g/mol. The molecule has 146 valence electrons. The summed E-state index contributed by atoms with van der Waals surface area (Å²) in [5.41, 5.74) is -1.54. The highest BCUT2D eigenvalue weighted by Crippen LogP contribution is 2.47. The smallest absolute Gasteiger partial charge is 0.376 e. The van der Waals surface area contributed by atoms with Gasteiger partial charge in [-0.15, -0.1) is 0 Å². The maximum Gasteiger partial charge on any atom is 0.437 e. The molecule has 2 heterocycles. The summed E-state index contributed by atoms with van der Waals surface area (Å²) >= 11 is 0. The van der Waals surface area contributed by atoms with E-state index in [9.17, 15) is 18.4 Å². The number of para-hydroxylation sites is 1. The topological polar surface area (TPSA) is 59.1 Å². The van der Waals surface area contributed by atoms with Gasteiger partial charge in [0, 0.05) is 17.6 Å². The zero-order valence-corrected chi connectivity index (χ0v) is 15.1. The minimum Gasteiger partial charge on any atom is -0.376 e. The van der Waals surface area contributed by atoms with Gasteiger partial charge in [-0.25, -0.2) is 0 Å². The standard InChI is InChI=1S/C19H22F2N2O4/c1-17(7-8-17)15(24)22-9-10-26-13-18(11-22)12-23(14-5-3-2-4-6-14)16(25)19(20,21)27-18/h2-6H,7-13H2,1H3. The average molecular weight is 380 g/mol. The molecule has 1 saturated carbocycles. The largest absolute Gasteiger partial charge is 0.437 e. The zero-order chi connectivity index (χ0) is 19.3. The van der Waals surface area contributed by atoms with Crippen LogP contribution in [0.4, 0.5) is 14.5 Å². The highest BCUT2D eigenvalue weighted by atomic mass is 19.3. The van der Waals surface area contributed by atoms with Crippen molar-refractivity contribution in [3.05, 3.63) is 30.3 Å². The van der Waals surface area contributed by atoms with Crippen LogP contribution in [0, 0.1) is 5.41 Å². The maximum atomic E-state index is 14.5. The van der Waals surface area contributed by atoms with Crippen molar-refractivity contribution in [2.75, 3.05) is 37.7 Å². The molecule has 27 heavy (non-hydrogen) atoms. The highest BCUT2D eigenvalue weighted by Gasteiger charge is 2.59. The highest BCUT2D eigenvalue weighted by molar-refractivity contribution is 5.98. The summed E-state index contributed by atoms with van der Waals surface area (Å²) in [5.74, 6) is -1.47. The van der Waals surface area contributed by atoms with Crippen LogP contribution in [0.25, 0.3) is 0 Å². The van der Waals surface area contributed by atoms with E-state index in [1.807, 2.05) is 6.92 Å². The van der Waals surface area contributed by atoms with Crippen molar-refractivity contribution in [3.63, 3.8) is 0 Å². The van der Waals surface area contributed by atoms with E-state index in [4.69, 9.17) is 9.47 Å². The first kappa shape index (κ1) is 18.3. The van der Waals surface area contributed by atoms with E-state index in [0.29, 0.717) is 12.2 Å². The lowest BCUT2D eigenvalue weighted by Gasteiger charge is -2.45. The van der Waals surface area contributed by atoms with Crippen LogP contribution >= 0.6 is 0 Å². The van der Waals surface area contributed by atoms with Crippen molar-refractivity contribution in [1.82, 2.24) is 4.90 Å². The van der Waals surface area contributed by atoms with Gasteiger partial charge in [0.25, 0.3) is 0 Å². The summed E-state index contributed by atoms with van der Waals surface area (Å²) in [4.78, 5) is 27.6. The second-order valence-electron chi connectivity index (χ2n) is 7.87. The van der Waals surface area contributed by atoms with Crippen LogP contribution in [0.15, 0.2) is 30.3 Å². The minimum atomic E-state index is -3.99. The molecule has 2 amide bonds. The first-order valence-corrected chi connectivity index (χ1v) is 9.07. The number of ether oxygens (including phenoxy) is 2. The number of amides is 2. The van der Waals surface area contributed by atoms with E-state index in [1.54, 1.807) is 35.2 Å². The number of morpholine rings is 1. The SMILES string of the molecule is CC1(C(=O)N2CCOCC3(C2)CN(c2ccccc2)C(=O)C(F)(F)O3)CC1. The summed E-state index contributed by atoms with van der Waals surface area (Å²) in [6.07, 6.45) is -2.40. The quantitative estimate of drug-likeness (QED) is 0.788. The van der Waals surface area contributed by atoms with Gasteiger partial charge in [-0.3, -0.25) is 14.3 Å². The van der Waals surface area contributed by atoms with Crippen LogP contribution in [-0.4, -0.2) is 61.3 Å². The molecule has 0 N–H and O–H groups in total. The molecular weight excluding hydrogens is 358 g/mol. The summed E-state index contributed by atoms with van der Waals surface area (Å²) in [5, 5.41) is 0. The summed E-state index contributed by atoms with van der Waals surface area (Å²) in [6.45, 7) is 2.20. The van der Waals surface area contributed by atoms with E-state index >= 15 is 0 Å². The second kappa shape index (κ2) is 6.24. The molecule has 4 rings (SSSR count). The molecule has 0 aromatic heterocycles. The Bertz CT molecular complexity index is 753. The molecule has 6 nitrogen and oxygen atoms in total. The first-order chi connectivity index (χ1) is 12.7. The zero-order valence-electron chi connectivity index (χ0n) is 15.1. The van der Waals surface area contributed by atoms with Crippen molar-refractivity contribution >= 4 is 17.5 Å². The summed E-state index contributed by atoms with van der Waals surface area (Å²) < 4.78 is 39.5. The molecule has 1 aromatic carbocycles. The molecule has 3 fully saturated rings. The third-order valence-electron chi connectivity index (χ3n) is 5.51. The fourth-order valence-electron chi connectivity index (χ4n) is 3.70. The van der Waals surface area contributed by atoms with E-state index in [2.05, 4.69) is 0 Å². The molecule has 1 aromatic rings. The van der Waals surface area contributed by atoms with E-state index < -0.39 is 23.0 Å². The normalized spacial score (nSPS) is 29.5. The Morgan fingerprint density at radius 2 is 1.85 bits per heavy atom. The van der Waals surface area contributed by atoms with Gasteiger partial charge in [0.15, 0.2) is 0 Å². The number of halogens is 2. The maximum absolute atomic E-state index is 14.5.